The molecule has 0 spiro atoms. The smallest absolute Gasteiger partial charge is 0.242 e. The Morgan fingerprint density at radius 2 is 1.60 bits per heavy atom. The molecule has 0 atom stereocenters. The molecule has 0 radical (unpaired) electrons. The van der Waals surface area contributed by atoms with Crippen LogP contribution in [0.25, 0.3) is 0 Å². The highest BCUT2D eigenvalue weighted by atomic mass is 127. The Morgan fingerprint density at radius 1 is 1.03 bits per heavy atom. The molecule has 0 unspecified atom stereocenters. The minimum Gasteiger partial charge on any atom is -0.368 e. The molecule has 0 aliphatic carbocycles. The number of carbonyl (C=O) groups excluding carboxylic acids is 2. The number of nitrogens with zero attached hydrogens (tertiary/aromatic N) is 3. The van der Waals surface area contributed by atoms with Crippen LogP contribution in [-0.4, -0.2) is 74.5 Å². The van der Waals surface area contributed by atoms with Crippen LogP contribution in [0.2, 0.25) is 5.02 Å². The third-order valence-corrected chi connectivity index (χ3v) is 4.64. The van der Waals surface area contributed by atoms with E-state index in [0.29, 0.717) is 24.1 Å². The molecule has 3 N–H and O–H groups in total. The number of rotatable bonds is 5. The monoisotopic (exact) mass is 550 g/mol. The van der Waals surface area contributed by atoms with Gasteiger partial charge in [0.2, 0.25) is 11.8 Å². The van der Waals surface area contributed by atoms with E-state index >= 15 is 0 Å². The molecule has 1 aromatic carbocycles. The molecule has 8 nitrogen and oxygen atoms in total. The summed E-state index contributed by atoms with van der Waals surface area (Å²) in [5.41, 5.74) is 0.817. The fourth-order valence-electron chi connectivity index (χ4n) is 2.98. The van der Waals surface area contributed by atoms with Gasteiger partial charge in [0, 0.05) is 49.5 Å². The van der Waals surface area contributed by atoms with Crippen molar-refractivity contribution < 1.29 is 9.59 Å². The van der Waals surface area contributed by atoms with Gasteiger partial charge in [-0.05, 0) is 45.0 Å². The van der Waals surface area contributed by atoms with Gasteiger partial charge in [0.25, 0.3) is 0 Å². The van der Waals surface area contributed by atoms with Crippen molar-refractivity contribution in [1.82, 2.24) is 20.9 Å². The van der Waals surface area contributed by atoms with Gasteiger partial charge in [-0.2, -0.15) is 0 Å². The first kappa shape index (κ1) is 26.3. The van der Waals surface area contributed by atoms with Crippen LogP contribution in [-0.2, 0) is 9.59 Å². The maximum absolute atomic E-state index is 12.5. The summed E-state index contributed by atoms with van der Waals surface area (Å²) in [7, 11) is 1.60. The quantitative estimate of drug-likeness (QED) is 0.295. The van der Waals surface area contributed by atoms with Gasteiger partial charge in [0.05, 0.1) is 13.1 Å². The predicted octanol–water partition coefficient (Wildman–Crippen LogP) is 1.69. The van der Waals surface area contributed by atoms with Crippen LogP contribution >= 0.6 is 35.6 Å². The molecule has 2 rings (SSSR count). The summed E-state index contributed by atoms with van der Waals surface area (Å²) in [5, 5.41) is 9.47. The Labute approximate surface area is 200 Å². The van der Waals surface area contributed by atoms with Crippen molar-refractivity contribution in [2.45, 2.75) is 26.3 Å². The predicted molar refractivity (Wildman–Crippen MR) is 133 cm³/mol. The van der Waals surface area contributed by atoms with Gasteiger partial charge in [-0.25, -0.2) is 0 Å². The lowest BCUT2D eigenvalue weighted by Crippen LogP contribution is -2.53. The number of hydrogen-bond acceptors (Lipinski definition) is 4. The normalized spacial score (nSPS) is 14.6. The molecular formula is C20H32ClIN6O2. The first-order valence-corrected chi connectivity index (χ1v) is 10.1. The average molecular weight is 551 g/mol. The second-order valence-electron chi connectivity index (χ2n) is 7.92. The number of halogens is 2. The summed E-state index contributed by atoms with van der Waals surface area (Å²) in [6, 6.07) is 7.73. The third-order valence-electron chi connectivity index (χ3n) is 4.39. The lowest BCUT2D eigenvalue weighted by atomic mass is 10.1. The second-order valence-corrected chi connectivity index (χ2v) is 8.36. The van der Waals surface area contributed by atoms with Crippen molar-refractivity contribution in [2.75, 3.05) is 51.2 Å². The summed E-state index contributed by atoms with van der Waals surface area (Å²) in [6.45, 7) is 8.83. The number of piperazine rings is 1. The van der Waals surface area contributed by atoms with E-state index in [2.05, 4.69) is 25.8 Å². The van der Waals surface area contributed by atoms with Crippen molar-refractivity contribution in [3.8, 4) is 0 Å². The zero-order chi connectivity index (χ0) is 21.4. The molecule has 1 fully saturated rings. The van der Waals surface area contributed by atoms with Gasteiger partial charge in [0.15, 0.2) is 5.96 Å². The Morgan fingerprint density at radius 3 is 2.13 bits per heavy atom. The number of guanidine groups is 1. The van der Waals surface area contributed by atoms with Crippen LogP contribution in [0.4, 0.5) is 5.69 Å². The number of anilines is 1. The van der Waals surface area contributed by atoms with Crippen molar-refractivity contribution >= 4 is 59.0 Å². The van der Waals surface area contributed by atoms with Crippen molar-refractivity contribution in [2.24, 2.45) is 4.99 Å². The number of carbonyl (C=O) groups is 2. The fourth-order valence-corrected chi connectivity index (χ4v) is 3.11. The lowest BCUT2D eigenvalue weighted by Gasteiger charge is -2.36. The Hall–Kier alpha value is -1.75. The van der Waals surface area contributed by atoms with E-state index in [-0.39, 0.29) is 54.4 Å². The number of benzene rings is 1. The topological polar surface area (TPSA) is 89.1 Å². The zero-order valence-corrected chi connectivity index (χ0v) is 21.1. The van der Waals surface area contributed by atoms with Gasteiger partial charge in [-0.1, -0.05) is 11.6 Å². The van der Waals surface area contributed by atoms with E-state index in [1.54, 1.807) is 7.05 Å². The average Bonchev–Trinajstić information content (AvgIpc) is 2.67. The van der Waals surface area contributed by atoms with Gasteiger partial charge >= 0.3 is 0 Å². The van der Waals surface area contributed by atoms with Crippen molar-refractivity contribution in [3.63, 3.8) is 0 Å². The molecule has 1 aliphatic heterocycles. The number of nitrogens with one attached hydrogen (secondary N) is 3. The minimum absolute atomic E-state index is 0. The minimum atomic E-state index is -0.292. The van der Waals surface area contributed by atoms with Gasteiger partial charge in [0.1, 0.15) is 0 Å². The molecule has 0 bridgehead atoms. The maximum Gasteiger partial charge on any atom is 0.242 e. The van der Waals surface area contributed by atoms with Crippen LogP contribution in [0, 0.1) is 0 Å². The summed E-state index contributed by atoms with van der Waals surface area (Å²) >= 11 is 5.94. The van der Waals surface area contributed by atoms with E-state index in [4.69, 9.17) is 11.6 Å². The zero-order valence-electron chi connectivity index (χ0n) is 18.0. The summed E-state index contributed by atoms with van der Waals surface area (Å²) < 4.78 is 0. The number of amides is 2. The molecular weight excluding hydrogens is 519 g/mol. The molecule has 1 aromatic rings. The van der Waals surface area contributed by atoms with Gasteiger partial charge < -0.3 is 25.8 Å². The third kappa shape index (κ3) is 8.95. The summed E-state index contributed by atoms with van der Waals surface area (Å²) in [5.74, 6) is 0.287. The highest BCUT2D eigenvalue weighted by Crippen LogP contribution is 2.19. The highest BCUT2D eigenvalue weighted by molar-refractivity contribution is 14.0. The van der Waals surface area contributed by atoms with Crippen LogP contribution in [0.5, 0.6) is 0 Å². The Bertz CT molecular complexity index is 728. The molecule has 0 saturated carbocycles. The lowest BCUT2D eigenvalue weighted by molar-refractivity contribution is -0.130. The number of hydrogen-bond donors (Lipinski definition) is 3. The molecule has 30 heavy (non-hydrogen) atoms. The maximum atomic E-state index is 12.5. The van der Waals surface area contributed by atoms with Crippen LogP contribution in [0.3, 0.4) is 0 Å². The van der Waals surface area contributed by atoms with E-state index < -0.39 is 0 Å². The standard InChI is InChI=1S/C20H31ClN6O2.HI/c1-20(2,3)25-17(28)13-23-19(22-4)24-14-18(29)27-11-9-26(10-12-27)16-7-5-15(21)6-8-16;/h5-8H,9-14H2,1-4H3,(H,25,28)(H2,22,23,24);1H. The Kier molecular flexibility index (Phi) is 10.7. The van der Waals surface area contributed by atoms with Crippen LogP contribution < -0.4 is 20.9 Å². The van der Waals surface area contributed by atoms with Crippen molar-refractivity contribution in [3.05, 3.63) is 29.3 Å². The van der Waals surface area contributed by atoms with Gasteiger partial charge in [-0.3, -0.25) is 14.6 Å². The van der Waals surface area contributed by atoms with Crippen molar-refractivity contribution in [1.29, 1.82) is 0 Å². The molecule has 1 saturated heterocycles. The van der Waals surface area contributed by atoms with E-state index in [9.17, 15) is 9.59 Å². The molecule has 2 amide bonds. The highest BCUT2D eigenvalue weighted by Gasteiger charge is 2.21. The van der Waals surface area contributed by atoms with Crippen LogP contribution in [0.1, 0.15) is 20.8 Å². The first-order valence-electron chi connectivity index (χ1n) is 9.72. The van der Waals surface area contributed by atoms with Crippen LogP contribution in [0.15, 0.2) is 29.3 Å². The van der Waals surface area contributed by atoms with E-state index in [1.807, 2.05) is 49.9 Å². The largest absolute Gasteiger partial charge is 0.368 e. The molecule has 1 aliphatic rings. The van der Waals surface area contributed by atoms with E-state index in [0.717, 1.165) is 18.8 Å². The Balaban J connectivity index is 0.00000450. The van der Waals surface area contributed by atoms with Gasteiger partial charge in [-0.15, -0.1) is 24.0 Å². The first-order chi connectivity index (χ1) is 13.7. The van der Waals surface area contributed by atoms with E-state index in [1.165, 1.54) is 0 Å². The molecule has 10 heteroatoms. The fraction of sp³-hybridized carbons (Fsp3) is 0.550. The summed E-state index contributed by atoms with van der Waals surface area (Å²) in [4.78, 5) is 32.5. The molecule has 168 valence electrons. The number of aliphatic imine (C=N–C) groups is 1. The second kappa shape index (κ2) is 12.2. The molecule has 0 aromatic heterocycles. The SMILES string of the molecule is CN=C(NCC(=O)NC(C)(C)C)NCC(=O)N1CCN(c2ccc(Cl)cc2)CC1.I. The summed E-state index contributed by atoms with van der Waals surface area (Å²) in [6.07, 6.45) is 0. The molecule has 1 heterocycles.